The van der Waals surface area contributed by atoms with Crippen LogP contribution < -0.4 is 14.8 Å². The summed E-state index contributed by atoms with van der Waals surface area (Å²) in [4.78, 5) is 29.6. The number of ether oxygens (including phenoxy) is 2. The van der Waals surface area contributed by atoms with E-state index in [1.807, 2.05) is 42.5 Å². The van der Waals surface area contributed by atoms with E-state index in [1.165, 1.54) is 35.8 Å². The van der Waals surface area contributed by atoms with Crippen LogP contribution in [-0.4, -0.2) is 45.3 Å². The molecule has 2 heterocycles. The summed E-state index contributed by atoms with van der Waals surface area (Å²) in [5, 5.41) is 9.06. The number of rotatable bonds is 9. The number of hydrazone groups is 1. The highest BCUT2D eigenvalue weighted by molar-refractivity contribution is 8.14. The Balaban J connectivity index is 1.37. The molecule has 0 spiro atoms. The van der Waals surface area contributed by atoms with Crippen molar-refractivity contribution in [1.29, 1.82) is 0 Å². The molecule has 1 atom stereocenters. The maximum atomic E-state index is 13.1. The monoisotopic (exact) mass is 544 g/mol. The minimum absolute atomic E-state index is 0.0634. The van der Waals surface area contributed by atoms with Crippen LogP contribution in [0.1, 0.15) is 60.5 Å². The second-order valence-electron chi connectivity index (χ2n) is 9.61. The lowest BCUT2D eigenvalue weighted by Gasteiger charge is -2.29. The molecule has 1 fully saturated rings. The summed E-state index contributed by atoms with van der Waals surface area (Å²) in [5.41, 5.74) is 3.71. The van der Waals surface area contributed by atoms with E-state index in [0.29, 0.717) is 22.7 Å². The topological polar surface area (TPSA) is 93.1 Å². The Bertz CT molecular complexity index is 1360. The van der Waals surface area contributed by atoms with Gasteiger partial charge in [-0.1, -0.05) is 30.8 Å². The summed E-state index contributed by atoms with van der Waals surface area (Å²) < 4.78 is 11.9. The van der Waals surface area contributed by atoms with E-state index < -0.39 is 0 Å². The largest absolute Gasteiger partial charge is 0.493 e. The number of pyridine rings is 1. The summed E-state index contributed by atoms with van der Waals surface area (Å²) in [7, 11) is 1.65. The third kappa shape index (κ3) is 6.42. The Kier molecular flexibility index (Phi) is 8.46. The maximum Gasteiger partial charge on any atom is 0.302 e. The van der Waals surface area contributed by atoms with Crippen LogP contribution in [-0.2, 0) is 6.54 Å². The summed E-state index contributed by atoms with van der Waals surface area (Å²) in [5.74, 6) is 1.16. The Morgan fingerprint density at radius 1 is 1.10 bits per heavy atom. The number of carbonyl (C=O) groups is 2. The van der Waals surface area contributed by atoms with Crippen molar-refractivity contribution >= 4 is 34.3 Å². The number of aromatic nitrogens is 1. The van der Waals surface area contributed by atoms with Crippen LogP contribution in [0.4, 0.5) is 10.5 Å². The minimum Gasteiger partial charge on any atom is -0.493 e. The zero-order valence-electron chi connectivity index (χ0n) is 22.1. The van der Waals surface area contributed by atoms with Crippen LogP contribution in [0, 0.1) is 0 Å². The Labute approximate surface area is 232 Å². The van der Waals surface area contributed by atoms with E-state index >= 15 is 0 Å². The SMILES string of the molecule is CCC1SC(=O)N(Cc2cccc(NC(=O)c3cccnc3)c2)N=C1c1ccc(OC)c(OC2CCCC2)c1. The highest BCUT2D eigenvalue weighted by atomic mass is 32.2. The van der Waals surface area contributed by atoms with Crippen molar-refractivity contribution in [2.45, 2.75) is 56.9 Å². The second kappa shape index (κ2) is 12.3. The molecule has 0 bridgehead atoms. The van der Waals surface area contributed by atoms with Gasteiger partial charge in [0.2, 0.25) is 0 Å². The maximum absolute atomic E-state index is 13.1. The third-order valence-electron chi connectivity index (χ3n) is 6.85. The lowest BCUT2D eigenvalue weighted by Crippen LogP contribution is -2.34. The fourth-order valence-corrected chi connectivity index (χ4v) is 5.76. The molecule has 0 radical (unpaired) electrons. The summed E-state index contributed by atoms with van der Waals surface area (Å²) >= 11 is 1.28. The zero-order valence-corrected chi connectivity index (χ0v) is 22.9. The highest BCUT2D eigenvalue weighted by Gasteiger charge is 2.31. The fraction of sp³-hybridized carbons (Fsp3) is 0.333. The quantitative estimate of drug-likeness (QED) is 0.330. The number of anilines is 1. The third-order valence-corrected chi connectivity index (χ3v) is 8.11. The van der Waals surface area contributed by atoms with Gasteiger partial charge in [-0.05, 0) is 80.1 Å². The van der Waals surface area contributed by atoms with Crippen LogP contribution in [0.15, 0.2) is 72.1 Å². The number of thioether (sulfide) groups is 1. The molecule has 8 nitrogen and oxygen atoms in total. The van der Waals surface area contributed by atoms with Gasteiger partial charge in [-0.15, -0.1) is 0 Å². The standard InChI is InChI=1S/C30H32N4O4S/c1-3-27-28(21-13-14-25(37-2)26(17-21)38-24-11-4-5-12-24)33-34(30(36)39-27)19-20-8-6-10-23(16-20)32-29(35)22-9-7-15-31-18-22/h6-10,13-18,24,27H,3-5,11-12,19H2,1-2H3,(H,32,35). The zero-order chi connectivity index (χ0) is 27.2. The van der Waals surface area contributed by atoms with Crippen molar-refractivity contribution in [3.05, 3.63) is 83.7 Å². The molecular weight excluding hydrogens is 512 g/mol. The number of nitrogens with one attached hydrogen (secondary N) is 1. The van der Waals surface area contributed by atoms with Gasteiger partial charge in [-0.3, -0.25) is 14.6 Å². The number of nitrogens with zero attached hydrogens (tertiary/aromatic N) is 3. The van der Waals surface area contributed by atoms with Gasteiger partial charge >= 0.3 is 5.24 Å². The molecule has 3 aromatic rings. The van der Waals surface area contributed by atoms with Crippen molar-refractivity contribution in [3.8, 4) is 11.5 Å². The van der Waals surface area contributed by atoms with Crippen molar-refractivity contribution in [1.82, 2.24) is 9.99 Å². The molecule has 5 rings (SSSR count). The predicted octanol–water partition coefficient (Wildman–Crippen LogP) is 6.52. The van der Waals surface area contributed by atoms with Gasteiger partial charge in [-0.25, -0.2) is 5.01 Å². The van der Waals surface area contributed by atoms with Crippen molar-refractivity contribution < 1.29 is 19.1 Å². The molecule has 2 aromatic carbocycles. The molecule has 39 heavy (non-hydrogen) atoms. The average Bonchev–Trinajstić information content (AvgIpc) is 3.47. The van der Waals surface area contributed by atoms with Crippen LogP contribution in [0.2, 0.25) is 0 Å². The Hall–Kier alpha value is -3.85. The number of amides is 2. The van der Waals surface area contributed by atoms with E-state index in [-0.39, 0.29) is 29.0 Å². The molecular formula is C30H32N4O4S. The van der Waals surface area contributed by atoms with Gasteiger partial charge in [0.05, 0.1) is 36.3 Å². The smallest absolute Gasteiger partial charge is 0.302 e. The molecule has 1 saturated carbocycles. The van der Waals surface area contributed by atoms with Gasteiger partial charge in [0, 0.05) is 23.6 Å². The predicted molar refractivity (Wildman–Crippen MR) is 154 cm³/mol. The number of hydrogen-bond acceptors (Lipinski definition) is 7. The molecule has 2 aliphatic rings. The summed E-state index contributed by atoms with van der Waals surface area (Å²) in [6.45, 7) is 2.34. The van der Waals surface area contributed by atoms with Gasteiger partial charge < -0.3 is 14.8 Å². The molecule has 202 valence electrons. The lowest BCUT2D eigenvalue weighted by atomic mass is 10.0. The first-order valence-electron chi connectivity index (χ1n) is 13.3. The number of benzene rings is 2. The van der Waals surface area contributed by atoms with Crippen LogP contribution in [0.25, 0.3) is 0 Å². The van der Waals surface area contributed by atoms with Crippen LogP contribution >= 0.6 is 11.8 Å². The van der Waals surface area contributed by atoms with Gasteiger partial charge in [0.15, 0.2) is 11.5 Å². The highest BCUT2D eigenvalue weighted by Crippen LogP contribution is 2.36. The van der Waals surface area contributed by atoms with E-state index in [9.17, 15) is 9.59 Å². The Morgan fingerprint density at radius 3 is 2.69 bits per heavy atom. The fourth-order valence-electron chi connectivity index (χ4n) is 4.83. The molecule has 1 N–H and O–H groups in total. The number of carbonyl (C=O) groups excluding carboxylic acids is 2. The summed E-state index contributed by atoms with van der Waals surface area (Å²) in [6, 6.07) is 16.7. The average molecular weight is 545 g/mol. The lowest BCUT2D eigenvalue weighted by molar-refractivity contribution is 0.102. The van der Waals surface area contributed by atoms with Gasteiger partial charge in [-0.2, -0.15) is 5.10 Å². The Morgan fingerprint density at radius 2 is 1.95 bits per heavy atom. The molecule has 0 saturated heterocycles. The first-order chi connectivity index (χ1) is 19.0. The minimum atomic E-state index is -0.244. The van der Waals surface area contributed by atoms with Gasteiger partial charge in [0.1, 0.15) is 0 Å². The van der Waals surface area contributed by atoms with E-state index in [0.717, 1.165) is 36.1 Å². The van der Waals surface area contributed by atoms with Crippen molar-refractivity contribution in [2.75, 3.05) is 12.4 Å². The summed E-state index contributed by atoms with van der Waals surface area (Å²) in [6.07, 6.45) is 8.56. The van der Waals surface area contributed by atoms with Gasteiger partial charge in [0.25, 0.3) is 5.91 Å². The van der Waals surface area contributed by atoms with Crippen molar-refractivity contribution in [3.63, 3.8) is 0 Å². The van der Waals surface area contributed by atoms with E-state index in [4.69, 9.17) is 14.6 Å². The molecule has 9 heteroatoms. The number of methoxy groups -OCH3 is 1. The normalized spacial score (nSPS) is 17.6. The first kappa shape index (κ1) is 26.7. The van der Waals surface area contributed by atoms with E-state index in [2.05, 4.69) is 17.2 Å². The molecule has 1 aromatic heterocycles. The first-order valence-corrected chi connectivity index (χ1v) is 14.1. The van der Waals surface area contributed by atoms with Crippen LogP contribution in [0.5, 0.6) is 11.5 Å². The van der Waals surface area contributed by atoms with E-state index in [1.54, 1.807) is 25.4 Å². The van der Waals surface area contributed by atoms with Crippen molar-refractivity contribution in [2.24, 2.45) is 5.10 Å². The number of hydrogen-bond donors (Lipinski definition) is 1. The molecule has 2 amide bonds. The molecule has 1 unspecified atom stereocenters. The second-order valence-corrected chi connectivity index (χ2v) is 10.8. The molecule has 1 aliphatic carbocycles. The van der Waals surface area contributed by atoms with Crippen LogP contribution in [0.3, 0.4) is 0 Å². The molecule has 1 aliphatic heterocycles.